The molecule has 0 spiro atoms. The Balaban J connectivity index is 1.64. The highest BCUT2D eigenvalue weighted by Gasteiger charge is 2.15. The molecule has 0 saturated heterocycles. The maximum absolute atomic E-state index is 12.1. The Morgan fingerprint density at radius 2 is 2.26 bits per heavy atom. The Hall–Kier alpha value is -2.34. The number of amides is 1. The molecule has 1 amide bonds. The molecule has 0 saturated carbocycles. The first kappa shape index (κ1) is 15.6. The fourth-order valence-corrected chi connectivity index (χ4v) is 3.21. The van der Waals surface area contributed by atoms with E-state index in [0.29, 0.717) is 5.75 Å². The van der Waals surface area contributed by atoms with Crippen LogP contribution in [-0.2, 0) is 4.79 Å². The predicted molar refractivity (Wildman–Crippen MR) is 89.6 cm³/mol. The van der Waals surface area contributed by atoms with Crippen LogP contribution in [0.3, 0.4) is 0 Å². The lowest BCUT2D eigenvalue weighted by Gasteiger charge is -2.12. The molecule has 0 fully saturated rings. The van der Waals surface area contributed by atoms with Crippen molar-refractivity contribution < 1.29 is 14.3 Å². The van der Waals surface area contributed by atoms with Crippen LogP contribution in [0.2, 0.25) is 0 Å². The first-order valence-electron chi connectivity index (χ1n) is 7.46. The molecule has 1 aliphatic heterocycles. The van der Waals surface area contributed by atoms with Crippen LogP contribution in [0.25, 0.3) is 6.08 Å². The van der Waals surface area contributed by atoms with E-state index < -0.39 is 0 Å². The Bertz CT molecular complexity index is 739. The lowest BCUT2D eigenvalue weighted by atomic mass is 10.2. The zero-order valence-electron chi connectivity index (χ0n) is 13.0. The van der Waals surface area contributed by atoms with Crippen LogP contribution in [0.1, 0.15) is 35.7 Å². The minimum absolute atomic E-state index is 0.0531. The van der Waals surface area contributed by atoms with Gasteiger partial charge in [0.25, 0.3) is 0 Å². The van der Waals surface area contributed by atoms with Gasteiger partial charge in [-0.2, -0.15) is 0 Å². The van der Waals surface area contributed by atoms with Crippen LogP contribution < -0.4 is 14.8 Å². The molecule has 1 aromatic heterocycles. The van der Waals surface area contributed by atoms with Gasteiger partial charge in [-0.25, -0.2) is 4.98 Å². The smallest absolute Gasteiger partial charge is 0.244 e. The van der Waals surface area contributed by atoms with Crippen molar-refractivity contribution in [2.75, 3.05) is 6.79 Å². The average molecular weight is 330 g/mol. The highest BCUT2D eigenvalue weighted by molar-refractivity contribution is 7.09. The lowest BCUT2D eigenvalue weighted by Crippen LogP contribution is -2.26. The second-order valence-corrected chi connectivity index (χ2v) is 6.13. The minimum Gasteiger partial charge on any atom is -0.454 e. The summed E-state index contributed by atoms with van der Waals surface area (Å²) < 4.78 is 10.6. The third-order valence-corrected chi connectivity index (χ3v) is 4.56. The van der Waals surface area contributed by atoms with E-state index in [1.165, 1.54) is 6.08 Å². The van der Waals surface area contributed by atoms with Crippen molar-refractivity contribution in [3.05, 3.63) is 45.9 Å². The summed E-state index contributed by atoms with van der Waals surface area (Å²) >= 11 is 1.57. The third kappa shape index (κ3) is 3.71. The molecular weight excluding hydrogens is 312 g/mol. The van der Waals surface area contributed by atoms with Crippen molar-refractivity contribution in [3.8, 4) is 11.5 Å². The molecular formula is C17H18N2O3S. The first-order valence-corrected chi connectivity index (χ1v) is 8.34. The van der Waals surface area contributed by atoms with Crippen LogP contribution in [0.4, 0.5) is 0 Å². The van der Waals surface area contributed by atoms with E-state index in [4.69, 9.17) is 9.47 Å². The Labute approximate surface area is 139 Å². The van der Waals surface area contributed by atoms with E-state index in [-0.39, 0.29) is 18.7 Å². The molecule has 6 heteroatoms. The predicted octanol–water partition coefficient (Wildman–Crippen LogP) is 3.46. The van der Waals surface area contributed by atoms with Crippen molar-refractivity contribution >= 4 is 23.3 Å². The van der Waals surface area contributed by atoms with Gasteiger partial charge < -0.3 is 14.8 Å². The van der Waals surface area contributed by atoms with Gasteiger partial charge in [0.05, 0.1) is 6.04 Å². The topological polar surface area (TPSA) is 60.5 Å². The average Bonchev–Trinajstić information content (AvgIpc) is 3.18. The maximum Gasteiger partial charge on any atom is 0.244 e. The van der Waals surface area contributed by atoms with Crippen molar-refractivity contribution in [1.82, 2.24) is 10.3 Å². The molecule has 1 aromatic carbocycles. The van der Waals surface area contributed by atoms with E-state index in [1.807, 2.05) is 37.4 Å². The molecule has 1 atom stereocenters. The number of nitrogens with zero attached hydrogens (tertiary/aromatic N) is 1. The molecule has 0 radical (unpaired) electrons. The molecule has 2 aromatic rings. The summed E-state index contributed by atoms with van der Waals surface area (Å²) in [6.07, 6.45) is 4.09. The van der Waals surface area contributed by atoms with Gasteiger partial charge in [0.1, 0.15) is 5.01 Å². The Morgan fingerprint density at radius 1 is 1.43 bits per heavy atom. The molecule has 0 bridgehead atoms. The van der Waals surface area contributed by atoms with Crippen LogP contribution in [0.15, 0.2) is 29.7 Å². The fourth-order valence-electron chi connectivity index (χ4n) is 2.28. The number of thiazole rings is 1. The number of aromatic nitrogens is 1. The number of ether oxygens (including phenoxy) is 2. The fraction of sp³-hybridized carbons (Fsp3) is 0.294. The number of rotatable bonds is 5. The summed E-state index contributed by atoms with van der Waals surface area (Å²) in [5.41, 5.74) is 1.87. The van der Waals surface area contributed by atoms with E-state index in [9.17, 15) is 4.79 Å². The number of hydrogen-bond acceptors (Lipinski definition) is 5. The quantitative estimate of drug-likeness (QED) is 0.853. The highest BCUT2D eigenvalue weighted by Crippen LogP contribution is 2.32. The van der Waals surface area contributed by atoms with Gasteiger partial charge in [0, 0.05) is 17.2 Å². The summed E-state index contributed by atoms with van der Waals surface area (Å²) in [6, 6.07) is 5.53. The normalized spacial score (nSPS) is 14.2. The van der Waals surface area contributed by atoms with E-state index in [1.54, 1.807) is 17.4 Å². The lowest BCUT2D eigenvalue weighted by molar-refractivity contribution is -0.117. The van der Waals surface area contributed by atoms with Crippen LogP contribution in [0.5, 0.6) is 11.5 Å². The number of aryl methyl sites for hydroxylation is 1. The van der Waals surface area contributed by atoms with E-state index in [0.717, 1.165) is 28.4 Å². The van der Waals surface area contributed by atoms with E-state index >= 15 is 0 Å². The molecule has 120 valence electrons. The van der Waals surface area contributed by atoms with Crippen LogP contribution >= 0.6 is 11.3 Å². The molecule has 1 N–H and O–H groups in total. The monoisotopic (exact) mass is 330 g/mol. The van der Waals surface area contributed by atoms with Crippen molar-refractivity contribution in [2.45, 2.75) is 26.3 Å². The Kier molecular flexibility index (Phi) is 4.62. The first-order chi connectivity index (χ1) is 11.2. The van der Waals surface area contributed by atoms with Crippen LogP contribution in [-0.4, -0.2) is 17.7 Å². The standard InChI is InChI=1S/C17H18N2O3S/c1-3-13(17-18-11(2)9-23-17)19-16(20)7-5-12-4-6-14-15(8-12)22-10-21-14/h4-9,13H,3,10H2,1-2H3,(H,19,20). The number of carbonyl (C=O) groups excluding carboxylic acids is 1. The molecule has 23 heavy (non-hydrogen) atoms. The second-order valence-electron chi connectivity index (χ2n) is 5.24. The molecule has 1 unspecified atom stereocenters. The number of nitrogens with one attached hydrogen (secondary N) is 1. The van der Waals surface area contributed by atoms with Gasteiger partial charge in [-0.1, -0.05) is 13.0 Å². The van der Waals surface area contributed by atoms with Crippen molar-refractivity contribution in [2.24, 2.45) is 0 Å². The Morgan fingerprint density at radius 3 is 3.00 bits per heavy atom. The highest BCUT2D eigenvalue weighted by atomic mass is 32.1. The van der Waals surface area contributed by atoms with Crippen molar-refractivity contribution in [3.63, 3.8) is 0 Å². The summed E-state index contributed by atoms with van der Waals surface area (Å²) in [6.45, 7) is 4.23. The van der Waals surface area contributed by atoms with Gasteiger partial charge in [0.15, 0.2) is 11.5 Å². The number of carbonyl (C=O) groups is 1. The van der Waals surface area contributed by atoms with Gasteiger partial charge in [-0.05, 0) is 37.1 Å². The zero-order valence-corrected chi connectivity index (χ0v) is 13.9. The van der Waals surface area contributed by atoms with E-state index in [2.05, 4.69) is 10.3 Å². The zero-order chi connectivity index (χ0) is 16.2. The number of fused-ring (bicyclic) bond motifs is 1. The molecule has 5 nitrogen and oxygen atoms in total. The number of benzene rings is 1. The van der Waals surface area contributed by atoms with Crippen LogP contribution in [0, 0.1) is 6.92 Å². The summed E-state index contributed by atoms with van der Waals surface area (Å²) in [4.78, 5) is 16.6. The van der Waals surface area contributed by atoms with Gasteiger partial charge in [-0.15, -0.1) is 11.3 Å². The summed E-state index contributed by atoms with van der Waals surface area (Å²) in [5.74, 6) is 1.30. The molecule has 0 aliphatic carbocycles. The second kappa shape index (κ2) is 6.83. The maximum atomic E-state index is 12.1. The summed E-state index contributed by atoms with van der Waals surface area (Å²) in [7, 11) is 0. The van der Waals surface area contributed by atoms with Gasteiger partial charge >= 0.3 is 0 Å². The molecule has 2 heterocycles. The SMILES string of the molecule is CCC(NC(=O)C=Cc1ccc2c(c1)OCO2)c1nc(C)cs1. The van der Waals surface area contributed by atoms with Gasteiger partial charge in [0.2, 0.25) is 12.7 Å². The van der Waals surface area contributed by atoms with Gasteiger partial charge in [-0.3, -0.25) is 4.79 Å². The largest absolute Gasteiger partial charge is 0.454 e. The number of hydrogen-bond donors (Lipinski definition) is 1. The van der Waals surface area contributed by atoms with Crippen molar-refractivity contribution in [1.29, 1.82) is 0 Å². The molecule has 1 aliphatic rings. The summed E-state index contributed by atoms with van der Waals surface area (Å²) in [5, 5.41) is 5.92. The molecule has 3 rings (SSSR count). The third-order valence-electron chi connectivity index (χ3n) is 3.48. The minimum atomic E-state index is -0.137.